The van der Waals surface area contributed by atoms with Crippen molar-refractivity contribution in [3.8, 4) is 0 Å². The fourth-order valence-corrected chi connectivity index (χ4v) is 6.40. The predicted molar refractivity (Wildman–Crippen MR) is 115 cm³/mol. The second kappa shape index (κ2) is 8.60. The Labute approximate surface area is 173 Å². The number of rotatable bonds is 9. The summed E-state index contributed by atoms with van der Waals surface area (Å²) in [5.74, 6) is 2.64. The summed E-state index contributed by atoms with van der Waals surface area (Å²) in [6.07, 6.45) is 8.16. The zero-order valence-electron chi connectivity index (χ0n) is 16.6. The lowest BCUT2D eigenvalue weighted by Gasteiger charge is -2.56. The lowest BCUT2D eigenvalue weighted by Crippen LogP contribution is -2.51. The van der Waals surface area contributed by atoms with Crippen molar-refractivity contribution in [2.45, 2.75) is 38.5 Å². The molecule has 4 saturated carbocycles. The Hall–Kier alpha value is -1.30. The molecular formula is C22H33ClN4O. The van der Waals surface area contributed by atoms with Gasteiger partial charge in [0.2, 0.25) is 0 Å². The standard InChI is InChI=1S/C22H33ClN4O/c23-20-2-1-18(26-6-5-25-4-3-24)10-19(20)21(28)27-14-22-11-15-7-16(12-22)9-17(8-15)13-22/h1-2,10,15-17,25-26H,3-9,11-14,24H2,(H,27,28). The molecule has 5 nitrogen and oxygen atoms in total. The maximum atomic E-state index is 12.9. The summed E-state index contributed by atoms with van der Waals surface area (Å²) in [6.45, 7) is 3.84. The largest absolute Gasteiger partial charge is 0.384 e. The van der Waals surface area contributed by atoms with Gasteiger partial charge in [-0.15, -0.1) is 0 Å². The minimum absolute atomic E-state index is 0.0503. The van der Waals surface area contributed by atoms with Gasteiger partial charge in [0.05, 0.1) is 10.6 Å². The summed E-state index contributed by atoms with van der Waals surface area (Å²) < 4.78 is 0. The summed E-state index contributed by atoms with van der Waals surface area (Å²) in [4.78, 5) is 12.9. The Morgan fingerprint density at radius 3 is 2.39 bits per heavy atom. The van der Waals surface area contributed by atoms with Crippen LogP contribution in [-0.4, -0.2) is 38.6 Å². The number of hydrogen-bond acceptors (Lipinski definition) is 4. The molecule has 5 N–H and O–H groups in total. The molecule has 5 rings (SSSR count). The third kappa shape index (κ3) is 4.47. The molecule has 1 aromatic rings. The third-order valence-corrected chi connectivity index (χ3v) is 7.28. The van der Waals surface area contributed by atoms with Gasteiger partial charge < -0.3 is 21.7 Å². The van der Waals surface area contributed by atoms with Crippen LogP contribution in [-0.2, 0) is 0 Å². The SMILES string of the molecule is NCCNCCNc1ccc(Cl)c(C(=O)NCC23CC4CC(CC(C4)C2)C3)c1. The van der Waals surface area contributed by atoms with Crippen LogP contribution in [0.25, 0.3) is 0 Å². The van der Waals surface area contributed by atoms with Crippen molar-refractivity contribution in [2.24, 2.45) is 28.9 Å². The van der Waals surface area contributed by atoms with E-state index in [4.69, 9.17) is 17.3 Å². The Bertz CT molecular complexity index is 672. The van der Waals surface area contributed by atoms with Gasteiger partial charge in [0.1, 0.15) is 0 Å². The minimum atomic E-state index is -0.0503. The number of benzene rings is 1. The topological polar surface area (TPSA) is 79.2 Å². The van der Waals surface area contributed by atoms with Crippen molar-refractivity contribution in [3.63, 3.8) is 0 Å². The molecule has 4 fully saturated rings. The molecule has 0 atom stereocenters. The molecule has 0 spiro atoms. The molecule has 4 aliphatic rings. The highest BCUT2D eigenvalue weighted by Crippen LogP contribution is 2.59. The molecule has 28 heavy (non-hydrogen) atoms. The Morgan fingerprint density at radius 2 is 1.75 bits per heavy atom. The fraction of sp³-hybridized carbons (Fsp3) is 0.682. The number of halogens is 1. The first-order valence-electron chi connectivity index (χ1n) is 10.8. The Kier molecular flexibility index (Phi) is 6.14. The predicted octanol–water partition coefficient (Wildman–Crippen LogP) is 3.25. The molecule has 1 aromatic carbocycles. The van der Waals surface area contributed by atoms with Crippen LogP contribution in [0.3, 0.4) is 0 Å². The van der Waals surface area contributed by atoms with Gasteiger partial charge in [0, 0.05) is 38.4 Å². The van der Waals surface area contributed by atoms with Crippen LogP contribution >= 0.6 is 11.6 Å². The van der Waals surface area contributed by atoms with Crippen LogP contribution in [0.1, 0.15) is 48.9 Å². The summed E-state index contributed by atoms with van der Waals surface area (Å²) in [5, 5.41) is 10.3. The second-order valence-corrected chi connectivity index (χ2v) is 9.67. The highest BCUT2D eigenvalue weighted by atomic mass is 35.5. The molecule has 0 unspecified atom stereocenters. The highest BCUT2D eigenvalue weighted by molar-refractivity contribution is 6.34. The number of nitrogens with two attached hydrogens (primary N) is 1. The molecule has 6 heteroatoms. The van der Waals surface area contributed by atoms with E-state index in [2.05, 4.69) is 16.0 Å². The Morgan fingerprint density at radius 1 is 1.07 bits per heavy atom. The second-order valence-electron chi connectivity index (χ2n) is 9.26. The van der Waals surface area contributed by atoms with Gasteiger partial charge in [-0.25, -0.2) is 0 Å². The summed E-state index contributed by atoms with van der Waals surface area (Å²) >= 11 is 6.33. The Balaban J connectivity index is 1.33. The van der Waals surface area contributed by atoms with Gasteiger partial charge in [0.25, 0.3) is 5.91 Å². The molecule has 0 aromatic heterocycles. The third-order valence-electron chi connectivity index (χ3n) is 6.95. The smallest absolute Gasteiger partial charge is 0.252 e. The first-order chi connectivity index (χ1) is 13.6. The molecule has 1 amide bonds. The molecule has 4 bridgehead atoms. The molecule has 4 aliphatic carbocycles. The summed E-state index contributed by atoms with van der Waals surface area (Å²) in [6, 6.07) is 5.58. The normalized spacial score (nSPS) is 30.4. The van der Waals surface area contributed by atoms with E-state index in [9.17, 15) is 4.79 Å². The van der Waals surface area contributed by atoms with Crippen LogP contribution in [0.4, 0.5) is 5.69 Å². The molecule has 0 heterocycles. The number of nitrogens with one attached hydrogen (secondary N) is 3. The van der Waals surface area contributed by atoms with Gasteiger partial charge in [0.15, 0.2) is 0 Å². The number of carbonyl (C=O) groups is 1. The van der Waals surface area contributed by atoms with Crippen molar-refractivity contribution >= 4 is 23.2 Å². The maximum absolute atomic E-state index is 12.9. The van der Waals surface area contributed by atoms with Gasteiger partial charge in [-0.1, -0.05) is 11.6 Å². The van der Waals surface area contributed by atoms with Gasteiger partial charge >= 0.3 is 0 Å². The van der Waals surface area contributed by atoms with E-state index in [-0.39, 0.29) is 5.91 Å². The lowest BCUT2D eigenvalue weighted by molar-refractivity contribution is -0.0503. The average molecular weight is 405 g/mol. The van der Waals surface area contributed by atoms with E-state index < -0.39 is 0 Å². The van der Waals surface area contributed by atoms with Gasteiger partial charge in [-0.3, -0.25) is 4.79 Å². The van der Waals surface area contributed by atoms with Crippen LogP contribution in [0.5, 0.6) is 0 Å². The van der Waals surface area contributed by atoms with E-state index >= 15 is 0 Å². The van der Waals surface area contributed by atoms with E-state index in [1.165, 1.54) is 38.5 Å². The van der Waals surface area contributed by atoms with Crippen molar-refractivity contribution in [3.05, 3.63) is 28.8 Å². The van der Waals surface area contributed by atoms with E-state index in [0.717, 1.165) is 49.6 Å². The first kappa shape index (κ1) is 20.0. The average Bonchev–Trinajstić information content (AvgIpc) is 2.66. The zero-order valence-corrected chi connectivity index (χ0v) is 17.4. The molecule has 0 saturated heterocycles. The van der Waals surface area contributed by atoms with Crippen LogP contribution in [0.15, 0.2) is 18.2 Å². The molecular weight excluding hydrogens is 372 g/mol. The summed E-state index contributed by atoms with van der Waals surface area (Å²) in [5.41, 5.74) is 7.28. The lowest BCUT2D eigenvalue weighted by atomic mass is 9.49. The minimum Gasteiger partial charge on any atom is -0.384 e. The molecule has 0 aliphatic heterocycles. The van der Waals surface area contributed by atoms with E-state index in [1.54, 1.807) is 6.07 Å². The van der Waals surface area contributed by atoms with E-state index in [0.29, 0.717) is 22.5 Å². The quantitative estimate of drug-likeness (QED) is 0.476. The number of hydrogen-bond donors (Lipinski definition) is 4. The molecule has 154 valence electrons. The van der Waals surface area contributed by atoms with Crippen molar-refractivity contribution in [1.82, 2.24) is 10.6 Å². The van der Waals surface area contributed by atoms with Crippen molar-refractivity contribution in [1.29, 1.82) is 0 Å². The first-order valence-corrected chi connectivity index (χ1v) is 11.2. The monoisotopic (exact) mass is 404 g/mol. The highest BCUT2D eigenvalue weighted by Gasteiger charge is 2.50. The van der Waals surface area contributed by atoms with Crippen molar-refractivity contribution in [2.75, 3.05) is 38.0 Å². The van der Waals surface area contributed by atoms with E-state index in [1.807, 2.05) is 12.1 Å². The number of amides is 1. The van der Waals surface area contributed by atoms with Crippen LogP contribution in [0.2, 0.25) is 5.02 Å². The summed E-state index contributed by atoms with van der Waals surface area (Å²) in [7, 11) is 0. The van der Waals surface area contributed by atoms with Crippen LogP contribution < -0.4 is 21.7 Å². The maximum Gasteiger partial charge on any atom is 0.252 e. The number of carbonyl (C=O) groups excluding carboxylic acids is 1. The molecule has 0 radical (unpaired) electrons. The van der Waals surface area contributed by atoms with Gasteiger partial charge in [-0.2, -0.15) is 0 Å². The number of anilines is 1. The van der Waals surface area contributed by atoms with Crippen molar-refractivity contribution < 1.29 is 4.79 Å². The van der Waals surface area contributed by atoms with Gasteiger partial charge in [-0.05, 0) is 79.9 Å². The zero-order chi connectivity index (χ0) is 19.6. The fourth-order valence-electron chi connectivity index (χ4n) is 6.20. The van der Waals surface area contributed by atoms with Crippen LogP contribution in [0, 0.1) is 23.2 Å².